The fraction of sp³-hybridized carbons (Fsp3) is 0.100. The Labute approximate surface area is 165 Å². The van der Waals surface area contributed by atoms with Crippen LogP contribution in [0.4, 0.5) is 11.4 Å². The molecule has 0 saturated carbocycles. The number of carbonyl (C=O) groups is 1. The Balaban J connectivity index is 1.43. The van der Waals surface area contributed by atoms with Crippen LogP contribution in [0.1, 0.15) is 15.2 Å². The summed E-state index contributed by atoms with van der Waals surface area (Å²) < 4.78 is 0. The lowest BCUT2D eigenvalue weighted by molar-refractivity contribution is 0.0959. The lowest BCUT2D eigenvalue weighted by Gasteiger charge is -2.09. The molecule has 1 amide bonds. The van der Waals surface area contributed by atoms with E-state index in [1.165, 1.54) is 11.3 Å². The van der Waals surface area contributed by atoms with E-state index in [0.717, 1.165) is 34.4 Å². The van der Waals surface area contributed by atoms with Crippen LogP contribution in [0.5, 0.6) is 0 Å². The van der Waals surface area contributed by atoms with Gasteiger partial charge in [0.15, 0.2) is 0 Å². The first-order valence-corrected chi connectivity index (χ1v) is 9.76. The molecule has 0 aliphatic rings. The van der Waals surface area contributed by atoms with E-state index in [9.17, 15) is 4.79 Å². The first kappa shape index (κ1) is 17.6. The molecule has 3 N–H and O–H groups in total. The molecule has 3 aromatic heterocycles. The van der Waals surface area contributed by atoms with Gasteiger partial charge in [-0.25, -0.2) is 4.98 Å². The summed E-state index contributed by atoms with van der Waals surface area (Å²) in [5, 5.41) is 9.93. The minimum atomic E-state index is -0.0890. The standard InChI is InChI=1S/C20H17ClN4OS/c21-14-3-1-2-13(12-14)4-8-24-20(26)18-17(7-11-27-18)25-16-6-10-23-19-15(16)5-9-22-19/h1-3,5-7,9-12H,4,8H2,(H,24,26)(H2,22,23,25). The van der Waals surface area contributed by atoms with Crippen LogP contribution in [0.2, 0.25) is 5.02 Å². The Morgan fingerprint density at radius 2 is 2.11 bits per heavy atom. The summed E-state index contributed by atoms with van der Waals surface area (Å²) in [6, 6.07) is 13.4. The lowest BCUT2D eigenvalue weighted by atomic mass is 10.1. The van der Waals surface area contributed by atoms with Gasteiger partial charge < -0.3 is 15.6 Å². The van der Waals surface area contributed by atoms with Crippen LogP contribution in [0, 0.1) is 0 Å². The summed E-state index contributed by atoms with van der Waals surface area (Å²) >= 11 is 7.41. The van der Waals surface area contributed by atoms with E-state index >= 15 is 0 Å². The fourth-order valence-electron chi connectivity index (χ4n) is 2.89. The zero-order valence-electron chi connectivity index (χ0n) is 14.3. The number of halogens is 1. The van der Waals surface area contributed by atoms with Crippen LogP contribution >= 0.6 is 22.9 Å². The molecule has 0 spiro atoms. The fourth-order valence-corrected chi connectivity index (χ4v) is 3.87. The largest absolute Gasteiger partial charge is 0.354 e. The molecule has 0 unspecified atom stereocenters. The molecule has 136 valence electrons. The van der Waals surface area contributed by atoms with Gasteiger partial charge in [-0.2, -0.15) is 0 Å². The third kappa shape index (κ3) is 3.97. The van der Waals surface area contributed by atoms with Crippen molar-refractivity contribution in [2.45, 2.75) is 6.42 Å². The first-order chi connectivity index (χ1) is 13.2. The third-order valence-electron chi connectivity index (χ3n) is 4.19. The molecule has 0 aliphatic heterocycles. The molecule has 4 aromatic rings. The number of rotatable bonds is 6. The highest BCUT2D eigenvalue weighted by atomic mass is 35.5. The molecule has 4 rings (SSSR count). The molecule has 27 heavy (non-hydrogen) atoms. The maximum absolute atomic E-state index is 12.6. The van der Waals surface area contributed by atoms with Crippen molar-refractivity contribution in [3.63, 3.8) is 0 Å². The minimum absolute atomic E-state index is 0.0890. The maximum atomic E-state index is 12.6. The Bertz CT molecular complexity index is 1090. The smallest absolute Gasteiger partial charge is 0.263 e. The van der Waals surface area contributed by atoms with E-state index in [2.05, 4.69) is 20.6 Å². The van der Waals surface area contributed by atoms with Gasteiger partial charge in [-0.15, -0.1) is 11.3 Å². The Hall–Kier alpha value is -2.83. The lowest BCUT2D eigenvalue weighted by Crippen LogP contribution is -2.25. The van der Waals surface area contributed by atoms with Gasteiger partial charge in [-0.05, 0) is 47.7 Å². The second-order valence-corrected chi connectivity index (χ2v) is 7.38. The first-order valence-electron chi connectivity index (χ1n) is 8.50. The molecule has 3 heterocycles. The molecular formula is C20H17ClN4OS. The van der Waals surface area contributed by atoms with Gasteiger partial charge in [0.1, 0.15) is 10.5 Å². The van der Waals surface area contributed by atoms with Crippen LogP contribution in [0.15, 0.2) is 60.2 Å². The average molecular weight is 397 g/mol. The minimum Gasteiger partial charge on any atom is -0.354 e. The monoisotopic (exact) mass is 396 g/mol. The van der Waals surface area contributed by atoms with Gasteiger partial charge in [0.2, 0.25) is 0 Å². The van der Waals surface area contributed by atoms with Gasteiger partial charge in [0, 0.05) is 29.3 Å². The Kier molecular flexibility index (Phi) is 5.09. The van der Waals surface area contributed by atoms with E-state index in [4.69, 9.17) is 11.6 Å². The molecule has 1 aromatic carbocycles. The number of thiophene rings is 1. The molecule has 0 radical (unpaired) electrons. The number of amides is 1. The number of aromatic amines is 1. The van der Waals surface area contributed by atoms with Crippen molar-refractivity contribution in [3.05, 3.63) is 75.7 Å². The summed E-state index contributed by atoms with van der Waals surface area (Å²) in [6.07, 6.45) is 4.31. The quantitative estimate of drug-likeness (QED) is 0.429. The van der Waals surface area contributed by atoms with E-state index in [0.29, 0.717) is 16.4 Å². The van der Waals surface area contributed by atoms with Crippen molar-refractivity contribution >= 4 is 51.3 Å². The summed E-state index contributed by atoms with van der Waals surface area (Å²) in [6.45, 7) is 0.549. The molecule has 0 atom stereocenters. The molecule has 0 aliphatic carbocycles. The van der Waals surface area contributed by atoms with Crippen LogP contribution < -0.4 is 10.6 Å². The van der Waals surface area contributed by atoms with Crippen LogP contribution in [-0.2, 0) is 6.42 Å². The number of pyridine rings is 1. The van der Waals surface area contributed by atoms with Gasteiger partial charge in [0.05, 0.1) is 11.4 Å². The predicted octanol–water partition coefficient (Wildman–Crippen LogP) is 4.99. The van der Waals surface area contributed by atoms with Gasteiger partial charge >= 0.3 is 0 Å². The number of nitrogens with one attached hydrogen (secondary N) is 3. The normalized spacial score (nSPS) is 10.9. The molecule has 5 nitrogen and oxygen atoms in total. The second kappa shape index (κ2) is 7.82. The highest BCUT2D eigenvalue weighted by molar-refractivity contribution is 7.12. The molecule has 7 heteroatoms. The van der Waals surface area contributed by atoms with Crippen molar-refractivity contribution in [2.24, 2.45) is 0 Å². The van der Waals surface area contributed by atoms with Crippen LogP contribution in [0.3, 0.4) is 0 Å². The van der Waals surface area contributed by atoms with Crippen molar-refractivity contribution in [3.8, 4) is 0 Å². The molecule has 0 saturated heterocycles. The number of hydrogen-bond acceptors (Lipinski definition) is 4. The van der Waals surface area contributed by atoms with Gasteiger partial charge in [-0.1, -0.05) is 23.7 Å². The van der Waals surface area contributed by atoms with Crippen LogP contribution in [-0.4, -0.2) is 22.4 Å². The van der Waals surface area contributed by atoms with Gasteiger partial charge in [0.25, 0.3) is 5.91 Å². The number of benzene rings is 1. The SMILES string of the molecule is O=C(NCCc1cccc(Cl)c1)c1sccc1Nc1ccnc2[nH]ccc12. The number of fused-ring (bicyclic) bond motifs is 1. The summed E-state index contributed by atoms with van der Waals surface area (Å²) in [5.74, 6) is -0.0890. The topological polar surface area (TPSA) is 69.8 Å². The van der Waals surface area contributed by atoms with Crippen molar-refractivity contribution in [1.29, 1.82) is 0 Å². The van der Waals surface area contributed by atoms with Crippen molar-refractivity contribution in [1.82, 2.24) is 15.3 Å². The summed E-state index contributed by atoms with van der Waals surface area (Å²) in [4.78, 5) is 20.6. The molecule has 0 bridgehead atoms. The zero-order valence-corrected chi connectivity index (χ0v) is 15.9. The number of H-pyrrole nitrogens is 1. The number of nitrogens with zero attached hydrogens (tertiary/aromatic N) is 1. The summed E-state index contributed by atoms with van der Waals surface area (Å²) in [7, 11) is 0. The summed E-state index contributed by atoms with van der Waals surface area (Å²) in [5.41, 5.74) is 3.60. The predicted molar refractivity (Wildman–Crippen MR) is 111 cm³/mol. The number of carbonyl (C=O) groups excluding carboxylic acids is 1. The van der Waals surface area contributed by atoms with Gasteiger partial charge in [-0.3, -0.25) is 4.79 Å². The second-order valence-electron chi connectivity index (χ2n) is 6.02. The van der Waals surface area contributed by atoms with E-state index < -0.39 is 0 Å². The highest BCUT2D eigenvalue weighted by Gasteiger charge is 2.14. The van der Waals surface area contributed by atoms with Crippen LogP contribution in [0.25, 0.3) is 11.0 Å². The van der Waals surface area contributed by atoms with Crippen molar-refractivity contribution < 1.29 is 4.79 Å². The van der Waals surface area contributed by atoms with E-state index in [1.54, 1.807) is 6.20 Å². The van der Waals surface area contributed by atoms with Crippen molar-refractivity contribution in [2.75, 3.05) is 11.9 Å². The molecule has 0 fully saturated rings. The average Bonchev–Trinajstić information content (AvgIpc) is 3.31. The van der Waals surface area contributed by atoms with E-state index in [1.807, 2.05) is 54.0 Å². The highest BCUT2D eigenvalue weighted by Crippen LogP contribution is 2.29. The van der Waals surface area contributed by atoms with E-state index in [-0.39, 0.29) is 5.91 Å². The Morgan fingerprint density at radius 1 is 1.19 bits per heavy atom. The third-order valence-corrected chi connectivity index (χ3v) is 5.34. The number of anilines is 2. The molecular weight excluding hydrogens is 380 g/mol. The number of hydrogen-bond donors (Lipinski definition) is 3. The maximum Gasteiger partial charge on any atom is 0.263 e. The number of aromatic nitrogens is 2. The Morgan fingerprint density at radius 3 is 3.00 bits per heavy atom. The zero-order chi connectivity index (χ0) is 18.6.